The number of halogens is 4. The minimum absolute atomic E-state index is 0.281. The molecule has 0 fully saturated rings. The summed E-state index contributed by atoms with van der Waals surface area (Å²) in [4.78, 5) is 11.3. The van der Waals surface area contributed by atoms with Crippen molar-refractivity contribution in [2.75, 3.05) is 0 Å². The van der Waals surface area contributed by atoms with Gasteiger partial charge >= 0.3 is 12.1 Å². The molecule has 3 nitrogen and oxygen atoms in total. The third-order valence-corrected chi connectivity index (χ3v) is 4.66. The Morgan fingerprint density at radius 3 is 2.33 bits per heavy atom. The highest BCUT2D eigenvalue weighted by molar-refractivity contribution is 9.10. The maximum absolute atomic E-state index is 12.5. The summed E-state index contributed by atoms with van der Waals surface area (Å²) in [7, 11) is 0. The van der Waals surface area contributed by atoms with E-state index in [-0.39, 0.29) is 18.8 Å². The van der Waals surface area contributed by atoms with Crippen molar-refractivity contribution in [1.82, 2.24) is 0 Å². The van der Waals surface area contributed by atoms with Gasteiger partial charge in [-0.25, -0.2) is 0 Å². The molecular formula is C20H20BrF3O3. The fourth-order valence-corrected chi connectivity index (χ4v) is 3.05. The van der Waals surface area contributed by atoms with Gasteiger partial charge in [0.05, 0.1) is 4.47 Å². The summed E-state index contributed by atoms with van der Waals surface area (Å²) in [6.07, 6.45) is -4.45. The Morgan fingerprint density at radius 1 is 1.11 bits per heavy atom. The molecule has 0 saturated carbocycles. The maximum atomic E-state index is 12.5. The number of benzene rings is 2. The molecule has 0 aliphatic carbocycles. The van der Waals surface area contributed by atoms with Gasteiger partial charge in [0.25, 0.3) is 0 Å². The van der Waals surface area contributed by atoms with Crippen LogP contribution in [0.4, 0.5) is 13.2 Å². The number of carbonyl (C=O) groups excluding carboxylic acids is 1. The Labute approximate surface area is 164 Å². The lowest BCUT2D eigenvalue weighted by Crippen LogP contribution is -2.14. The Kier molecular flexibility index (Phi) is 7.30. The van der Waals surface area contributed by atoms with Crippen LogP contribution in [-0.2, 0) is 11.2 Å². The first-order chi connectivity index (χ1) is 12.7. The van der Waals surface area contributed by atoms with Gasteiger partial charge < -0.3 is 9.47 Å². The first kappa shape index (κ1) is 21.3. The number of carbonyl (C=O) groups is 1. The Hall–Kier alpha value is -2.02. The normalized spacial score (nSPS) is 12.5. The standard InChI is InChI=1S/C20H20BrF3O3/c1-3-18(25)27-16-9-7-15(8-10-16)26-17-6-4-5-14(19(17)21)11-13(2)12-20(22,23)24/h4-10,13H,3,11-12H2,1-2H3. The monoisotopic (exact) mass is 444 g/mol. The van der Waals surface area contributed by atoms with Crippen molar-refractivity contribution in [3.63, 3.8) is 0 Å². The van der Waals surface area contributed by atoms with Crippen LogP contribution in [0.5, 0.6) is 17.2 Å². The summed E-state index contributed by atoms with van der Waals surface area (Å²) in [5.41, 5.74) is 0.748. The zero-order valence-corrected chi connectivity index (χ0v) is 16.6. The average Bonchev–Trinajstić information content (AvgIpc) is 2.58. The molecule has 27 heavy (non-hydrogen) atoms. The number of rotatable bonds is 7. The van der Waals surface area contributed by atoms with Gasteiger partial charge in [-0.05, 0) is 64.2 Å². The van der Waals surface area contributed by atoms with Crippen molar-refractivity contribution in [2.45, 2.75) is 39.3 Å². The minimum Gasteiger partial charge on any atom is -0.456 e. The molecule has 0 amide bonds. The predicted octanol–water partition coefficient (Wildman–Crippen LogP) is 6.69. The van der Waals surface area contributed by atoms with Crippen LogP contribution in [0.15, 0.2) is 46.9 Å². The van der Waals surface area contributed by atoms with Crippen molar-refractivity contribution >= 4 is 21.9 Å². The zero-order valence-electron chi connectivity index (χ0n) is 15.0. The van der Waals surface area contributed by atoms with Crippen LogP contribution in [0.1, 0.15) is 32.3 Å². The van der Waals surface area contributed by atoms with Gasteiger partial charge in [-0.3, -0.25) is 4.79 Å². The Balaban J connectivity index is 2.08. The van der Waals surface area contributed by atoms with Crippen LogP contribution in [0.3, 0.4) is 0 Å². The molecule has 1 atom stereocenters. The van der Waals surface area contributed by atoms with Crippen LogP contribution >= 0.6 is 15.9 Å². The molecule has 0 heterocycles. The van der Waals surface area contributed by atoms with Gasteiger partial charge in [0.1, 0.15) is 17.2 Å². The lowest BCUT2D eigenvalue weighted by molar-refractivity contribution is -0.143. The van der Waals surface area contributed by atoms with Crippen molar-refractivity contribution < 1.29 is 27.4 Å². The van der Waals surface area contributed by atoms with Crippen LogP contribution in [0.2, 0.25) is 0 Å². The number of esters is 1. The second-order valence-electron chi connectivity index (χ2n) is 6.26. The Morgan fingerprint density at radius 2 is 1.74 bits per heavy atom. The van der Waals surface area contributed by atoms with Crippen molar-refractivity contribution in [3.8, 4) is 17.2 Å². The van der Waals surface area contributed by atoms with Crippen LogP contribution in [0.25, 0.3) is 0 Å². The number of alkyl halides is 3. The fourth-order valence-electron chi connectivity index (χ4n) is 2.54. The molecule has 0 spiro atoms. The molecule has 2 aromatic carbocycles. The first-order valence-electron chi connectivity index (χ1n) is 8.50. The highest BCUT2D eigenvalue weighted by atomic mass is 79.9. The van der Waals surface area contributed by atoms with Gasteiger partial charge in [0.2, 0.25) is 0 Å². The summed E-state index contributed by atoms with van der Waals surface area (Å²) >= 11 is 3.43. The lowest BCUT2D eigenvalue weighted by Gasteiger charge is -2.16. The maximum Gasteiger partial charge on any atom is 0.389 e. The van der Waals surface area contributed by atoms with Crippen LogP contribution in [0, 0.1) is 5.92 Å². The van der Waals surface area contributed by atoms with Crippen LogP contribution < -0.4 is 9.47 Å². The second-order valence-corrected chi connectivity index (χ2v) is 7.05. The molecule has 0 saturated heterocycles. The lowest BCUT2D eigenvalue weighted by atomic mass is 9.98. The Bertz CT molecular complexity index is 773. The van der Waals surface area contributed by atoms with E-state index in [9.17, 15) is 18.0 Å². The number of hydrogen-bond acceptors (Lipinski definition) is 3. The number of ether oxygens (including phenoxy) is 2. The number of hydrogen-bond donors (Lipinski definition) is 0. The van der Waals surface area contributed by atoms with E-state index in [1.807, 2.05) is 0 Å². The van der Waals surface area contributed by atoms with E-state index in [0.717, 1.165) is 5.56 Å². The largest absolute Gasteiger partial charge is 0.456 e. The predicted molar refractivity (Wildman–Crippen MR) is 100 cm³/mol. The first-order valence-corrected chi connectivity index (χ1v) is 9.30. The molecule has 2 aromatic rings. The summed E-state index contributed by atoms with van der Waals surface area (Å²) in [5.74, 6) is 0.580. The molecule has 0 bridgehead atoms. The topological polar surface area (TPSA) is 35.5 Å². The van der Waals surface area contributed by atoms with E-state index >= 15 is 0 Å². The van der Waals surface area contributed by atoms with Crippen LogP contribution in [-0.4, -0.2) is 12.1 Å². The van der Waals surface area contributed by atoms with Crippen molar-refractivity contribution in [1.29, 1.82) is 0 Å². The average molecular weight is 445 g/mol. The fraction of sp³-hybridized carbons (Fsp3) is 0.350. The third kappa shape index (κ3) is 6.90. The third-order valence-electron chi connectivity index (χ3n) is 3.76. The van der Waals surface area contributed by atoms with Gasteiger partial charge in [-0.1, -0.05) is 26.0 Å². The zero-order chi connectivity index (χ0) is 20.0. The van der Waals surface area contributed by atoms with Crippen molar-refractivity contribution in [3.05, 3.63) is 52.5 Å². The smallest absolute Gasteiger partial charge is 0.389 e. The highest BCUT2D eigenvalue weighted by Crippen LogP contribution is 2.35. The van der Waals surface area contributed by atoms with E-state index < -0.39 is 18.5 Å². The summed E-state index contributed by atoms with van der Waals surface area (Å²) in [6, 6.07) is 11.8. The molecule has 7 heteroatoms. The quantitative estimate of drug-likeness (QED) is 0.352. The second kappa shape index (κ2) is 9.26. The summed E-state index contributed by atoms with van der Waals surface area (Å²) in [6.45, 7) is 3.28. The minimum atomic E-state index is -4.18. The highest BCUT2D eigenvalue weighted by Gasteiger charge is 2.30. The molecule has 0 radical (unpaired) electrons. The summed E-state index contributed by atoms with van der Waals surface area (Å²) < 4.78 is 49.2. The van der Waals surface area contributed by atoms with Gasteiger partial charge in [-0.15, -0.1) is 0 Å². The van der Waals surface area contributed by atoms with Gasteiger partial charge in [0, 0.05) is 12.8 Å². The molecule has 0 aliphatic rings. The van der Waals surface area contributed by atoms with E-state index in [0.29, 0.717) is 21.7 Å². The molecule has 0 aromatic heterocycles. The molecule has 0 N–H and O–H groups in total. The van der Waals surface area contributed by atoms with Gasteiger partial charge in [0.15, 0.2) is 0 Å². The van der Waals surface area contributed by atoms with E-state index in [1.165, 1.54) is 0 Å². The van der Waals surface area contributed by atoms with E-state index in [4.69, 9.17) is 9.47 Å². The summed E-state index contributed by atoms with van der Waals surface area (Å²) in [5, 5.41) is 0. The molecule has 2 rings (SSSR count). The molecule has 0 aliphatic heterocycles. The van der Waals surface area contributed by atoms with E-state index in [1.54, 1.807) is 56.3 Å². The van der Waals surface area contributed by atoms with Crippen molar-refractivity contribution in [2.24, 2.45) is 5.92 Å². The SMILES string of the molecule is CCC(=O)Oc1ccc(Oc2cccc(CC(C)CC(F)(F)F)c2Br)cc1. The van der Waals surface area contributed by atoms with Gasteiger partial charge in [-0.2, -0.15) is 13.2 Å². The van der Waals surface area contributed by atoms with E-state index in [2.05, 4.69) is 15.9 Å². The molecular weight excluding hydrogens is 425 g/mol. The molecule has 146 valence electrons. The molecule has 1 unspecified atom stereocenters.